The molecule has 0 atom stereocenters. The number of halogens is 6. The van der Waals surface area contributed by atoms with Crippen LogP contribution in [-0.2, 0) is 17.4 Å². The number of piperidine rings is 1. The molecular formula is C26H23F6N5O2. The number of likely N-dealkylation sites (tertiary alicyclic amines) is 1. The minimum Gasteiger partial charge on any atom is -0.356 e. The van der Waals surface area contributed by atoms with E-state index in [9.17, 15) is 31.1 Å². The fourth-order valence-electron chi connectivity index (χ4n) is 4.26. The first-order valence-corrected chi connectivity index (χ1v) is 11.9. The number of hydrogen-bond acceptors (Lipinski definition) is 6. The SMILES string of the molecule is Cc1ncc(C(CF)=NOc2ccnc(C(F)(F)F)c2)c(C2CCN(C(=O)Cc3c(F)cccc3F)CC2)n1. The van der Waals surface area contributed by atoms with E-state index in [0.29, 0.717) is 30.4 Å². The van der Waals surface area contributed by atoms with Crippen molar-refractivity contribution in [3.05, 3.63) is 82.7 Å². The van der Waals surface area contributed by atoms with Gasteiger partial charge in [0.2, 0.25) is 5.91 Å². The van der Waals surface area contributed by atoms with Gasteiger partial charge in [0.05, 0.1) is 12.1 Å². The molecule has 4 rings (SSSR count). The first kappa shape index (κ1) is 28.0. The Morgan fingerprint density at radius 2 is 1.82 bits per heavy atom. The van der Waals surface area contributed by atoms with Gasteiger partial charge in [0.1, 0.15) is 35.5 Å². The fraction of sp³-hybridized carbons (Fsp3) is 0.346. The highest BCUT2D eigenvalue weighted by Crippen LogP contribution is 2.31. The van der Waals surface area contributed by atoms with Gasteiger partial charge < -0.3 is 9.74 Å². The van der Waals surface area contributed by atoms with Crippen LogP contribution in [-0.4, -0.2) is 51.2 Å². The van der Waals surface area contributed by atoms with E-state index in [1.165, 1.54) is 17.2 Å². The Hall–Kier alpha value is -4.03. The molecule has 3 aromatic rings. The van der Waals surface area contributed by atoms with Crippen LogP contribution in [0.4, 0.5) is 26.3 Å². The molecule has 1 aliphatic rings. The van der Waals surface area contributed by atoms with Crippen LogP contribution in [0.2, 0.25) is 0 Å². The second-order valence-electron chi connectivity index (χ2n) is 8.89. The summed E-state index contributed by atoms with van der Waals surface area (Å²) in [5, 5.41) is 3.73. The summed E-state index contributed by atoms with van der Waals surface area (Å²) in [4.78, 5) is 31.1. The molecule has 0 spiro atoms. The number of alkyl halides is 4. The molecule has 1 fully saturated rings. The van der Waals surface area contributed by atoms with E-state index >= 15 is 0 Å². The van der Waals surface area contributed by atoms with Gasteiger partial charge >= 0.3 is 6.18 Å². The molecule has 0 unspecified atom stereocenters. The zero-order valence-electron chi connectivity index (χ0n) is 20.7. The second kappa shape index (κ2) is 11.8. The van der Waals surface area contributed by atoms with Gasteiger partial charge in [0.15, 0.2) is 5.75 Å². The van der Waals surface area contributed by atoms with Crippen molar-refractivity contribution in [2.24, 2.45) is 5.16 Å². The molecule has 1 aromatic carbocycles. The second-order valence-corrected chi connectivity index (χ2v) is 8.89. The minimum atomic E-state index is -4.69. The summed E-state index contributed by atoms with van der Waals surface area (Å²) in [5.74, 6) is -2.11. The van der Waals surface area contributed by atoms with E-state index in [4.69, 9.17) is 4.84 Å². The number of rotatable bonds is 7. The van der Waals surface area contributed by atoms with Crippen LogP contribution in [0.5, 0.6) is 5.75 Å². The molecule has 0 saturated carbocycles. The number of carbonyl (C=O) groups is 1. The summed E-state index contributed by atoms with van der Waals surface area (Å²) >= 11 is 0. The van der Waals surface area contributed by atoms with E-state index in [0.717, 1.165) is 24.4 Å². The summed E-state index contributed by atoms with van der Waals surface area (Å²) in [6, 6.07) is 5.21. The largest absolute Gasteiger partial charge is 0.433 e. The third-order valence-electron chi connectivity index (χ3n) is 6.28. The number of aromatic nitrogens is 3. The summed E-state index contributed by atoms with van der Waals surface area (Å²) in [7, 11) is 0. The smallest absolute Gasteiger partial charge is 0.356 e. The van der Waals surface area contributed by atoms with Crippen molar-refractivity contribution in [2.45, 2.75) is 38.3 Å². The quantitative estimate of drug-likeness (QED) is 0.230. The lowest BCUT2D eigenvalue weighted by Crippen LogP contribution is -2.39. The van der Waals surface area contributed by atoms with E-state index in [-0.39, 0.29) is 41.6 Å². The maximum Gasteiger partial charge on any atom is 0.433 e. The summed E-state index contributed by atoms with van der Waals surface area (Å²) in [6.07, 6.45) is -1.99. The Balaban J connectivity index is 1.49. The van der Waals surface area contributed by atoms with Crippen LogP contribution in [0, 0.1) is 18.6 Å². The van der Waals surface area contributed by atoms with Crippen molar-refractivity contribution in [1.29, 1.82) is 0 Å². The van der Waals surface area contributed by atoms with Crippen LogP contribution < -0.4 is 4.84 Å². The Labute approximate surface area is 219 Å². The van der Waals surface area contributed by atoms with Crippen LogP contribution in [0.15, 0.2) is 47.9 Å². The first-order valence-electron chi connectivity index (χ1n) is 11.9. The number of carbonyl (C=O) groups excluding carboxylic acids is 1. The van der Waals surface area contributed by atoms with Gasteiger partial charge in [-0.15, -0.1) is 0 Å². The zero-order valence-corrected chi connectivity index (χ0v) is 20.7. The molecule has 206 valence electrons. The van der Waals surface area contributed by atoms with Gasteiger partial charge in [-0.3, -0.25) is 9.78 Å². The average molecular weight is 551 g/mol. The van der Waals surface area contributed by atoms with E-state index in [2.05, 4.69) is 20.1 Å². The van der Waals surface area contributed by atoms with Crippen molar-refractivity contribution in [3.63, 3.8) is 0 Å². The lowest BCUT2D eigenvalue weighted by Gasteiger charge is -2.32. The van der Waals surface area contributed by atoms with Crippen molar-refractivity contribution in [2.75, 3.05) is 19.8 Å². The summed E-state index contributed by atoms with van der Waals surface area (Å²) < 4.78 is 80.7. The minimum absolute atomic E-state index is 0.219. The predicted molar refractivity (Wildman–Crippen MR) is 128 cm³/mol. The molecule has 7 nitrogen and oxygen atoms in total. The lowest BCUT2D eigenvalue weighted by molar-refractivity contribution is -0.141. The van der Waals surface area contributed by atoms with E-state index in [1.54, 1.807) is 6.92 Å². The third kappa shape index (κ3) is 6.70. The van der Waals surface area contributed by atoms with Crippen LogP contribution in [0.25, 0.3) is 0 Å². The Kier molecular flexibility index (Phi) is 8.46. The van der Waals surface area contributed by atoms with Gasteiger partial charge in [-0.2, -0.15) is 13.2 Å². The third-order valence-corrected chi connectivity index (χ3v) is 6.28. The van der Waals surface area contributed by atoms with Crippen LogP contribution in [0.3, 0.4) is 0 Å². The topological polar surface area (TPSA) is 80.6 Å². The van der Waals surface area contributed by atoms with Gasteiger partial charge in [-0.25, -0.2) is 23.1 Å². The van der Waals surface area contributed by atoms with Crippen molar-refractivity contribution in [3.8, 4) is 5.75 Å². The number of aryl methyl sites for hydroxylation is 1. The number of hydrogen-bond donors (Lipinski definition) is 0. The van der Waals surface area contributed by atoms with Gasteiger partial charge in [0.25, 0.3) is 0 Å². The number of benzene rings is 1. The Morgan fingerprint density at radius 3 is 2.46 bits per heavy atom. The molecule has 1 saturated heterocycles. The summed E-state index contributed by atoms with van der Waals surface area (Å²) in [5.41, 5.74) is -1.01. The average Bonchev–Trinajstić information content (AvgIpc) is 2.91. The number of nitrogens with zero attached hydrogens (tertiary/aromatic N) is 5. The molecule has 1 aliphatic heterocycles. The normalized spacial score (nSPS) is 14.9. The molecule has 3 heterocycles. The van der Waals surface area contributed by atoms with Crippen LogP contribution >= 0.6 is 0 Å². The molecule has 0 N–H and O–H groups in total. The van der Waals surface area contributed by atoms with E-state index < -0.39 is 42.5 Å². The highest BCUT2D eigenvalue weighted by Gasteiger charge is 2.33. The molecule has 1 amide bonds. The monoisotopic (exact) mass is 551 g/mol. The first-order chi connectivity index (χ1) is 18.6. The highest BCUT2D eigenvalue weighted by atomic mass is 19.4. The van der Waals surface area contributed by atoms with Gasteiger partial charge in [-0.05, 0) is 31.9 Å². The van der Waals surface area contributed by atoms with Crippen molar-refractivity contribution in [1.82, 2.24) is 19.9 Å². The molecule has 39 heavy (non-hydrogen) atoms. The maximum atomic E-state index is 14.0. The summed E-state index contributed by atoms with van der Waals surface area (Å²) in [6.45, 7) is 1.09. The van der Waals surface area contributed by atoms with Gasteiger partial charge in [0, 0.05) is 54.7 Å². The van der Waals surface area contributed by atoms with E-state index in [1.807, 2.05) is 0 Å². The number of amides is 1. The maximum absolute atomic E-state index is 14.0. The Morgan fingerprint density at radius 1 is 1.13 bits per heavy atom. The Bertz CT molecular complexity index is 1350. The van der Waals surface area contributed by atoms with Crippen molar-refractivity contribution >= 4 is 11.6 Å². The van der Waals surface area contributed by atoms with Crippen molar-refractivity contribution < 1.29 is 36.0 Å². The molecule has 0 aliphatic carbocycles. The standard InChI is InChI=1S/C26H23F6N5O2/c1-15-34-14-19(22(13-27)36-39-17-5-8-33-23(11-17)26(30,31)32)25(35-15)16-6-9-37(10-7-16)24(38)12-18-20(28)3-2-4-21(18)29/h2-5,8,11,14,16H,6-7,9-10,12-13H2,1H3. The fourth-order valence-corrected chi connectivity index (χ4v) is 4.26. The van der Waals surface area contributed by atoms with Crippen LogP contribution in [0.1, 0.15) is 47.1 Å². The predicted octanol–water partition coefficient (Wildman–Crippen LogP) is 5.18. The molecule has 2 aromatic heterocycles. The highest BCUT2D eigenvalue weighted by molar-refractivity contribution is 6.02. The number of oxime groups is 1. The van der Waals surface area contributed by atoms with Gasteiger partial charge in [-0.1, -0.05) is 11.2 Å². The molecule has 0 bridgehead atoms. The molecular weight excluding hydrogens is 528 g/mol. The molecule has 0 radical (unpaired) electrons. The lowest BCUT2D eigenvalue weighted by atomic mass is 9.89. The number of pyridine rings is 1. The zero-order chi connectivity index (χ0) is 28.2. The molecule has 13 heteroatoms.